The molecular formula is C35H29BrF3N3OS. The molecule has 44 heavy (non-hydrogen) atoms. The van der Waals surface area contributed by atoms with Crippen LogP contribution in [0.3, 0.4) is 0 Å². The first kappa shape index (κ1) is 30.4. The van der Waals surface area contributed by atoms with E-state index in [9.17, 15) is 13.2 Å². The summed E-state index contributed by atoms with van der Waals surface area (Å²) in [6.45, 7) is 0.687. The highest BCUT2D eigenvalue weighted by Gasteiger charge is 2.43. The molecule has 6 rings (SSSR count). The fourth-order valence-corrected chi connectivity index (χ4v) is 7.84. The Kier molecular flexibility index (Phi) is 9.35. The van der Waals surface area contributed by atoms with Gasteiger partial charge in [-0.25, -0.2) is 23.1 Å². The van der Waals surface area contributed by atoms with Crippen molar-refractivity contribution in [1.82, 2.24) is 9.97 Å². The number of benzene rings is 4. The highest BCUT2D eigenvalue weighted by molar-refractivity contribution is 9.10. The Morgan fingerprint density at radius 1 is 0.773 bits per heavy atom. The van der Waals surface area contributed by atoms with Crippen LogP contribution in [0.4, 0.5) is 19.1 Å². The van der Waals surface area contributed by atoms with Crippen LogP contribution in [-0.4, -0.2) is 34.4 Å². The van der Waals surface area contributed by atoms with E-state index in [-0.39, 0.29) is 30.1 Å². The first-order valence-electron chi connectivity index (χ1n) is 14.2. The van der Waals surface area contributed by atoms with Gasteiger partial charge in [-0.05, 0) is 45.1 Å². The maximum absolute atomic E-state index is 14.3. The van der Waals surface area contributed by atoms with Crippen LogP contribution in [0, 0.1) is 17.5 Å². The fraction of sp³-hybridized carbons (Fsp3) is 0.200. The van der Waals surface area contributed by atoms with Crippen LogP contribution < -0.4 is 4.90 Å². The minimum Gasteiger partial charge on any atom is -0.375 e. The molecule has 0 unspecified atom stereocenters. The summed E-state index contributed by atoms with van der Waals surface area (Å²) in [5.41, 5.74) is 3.47. The van der Waals surface area contributed by atoms with E-state index in [0.29, 0.717) is 18.6 Å². The Morgan fingerprint density at radius 2 is 1.30 bits per heavy atom. The highest BCUT2D eigenvalue weighted by atomic mass is 79.9. The molecule has 0 N–H and O–H groups in total. The van der Waals surface area contributed by atoms with Crippen molar-refractivity contribution in [3.05, 3.63) is 160 Å². The molecule has 4 nitrogen and oxygen atoms in total. The summed E-state index contributed by atoms with van der Waals surface area (Å²) in [5.74, 6) is -2.60. The number of anilines is 1. The minimum atomic E-state index is -1.22. The Morgan fingerprint density at radius 3 is 1.84 bits per heavy atom. The average molecular weight is 677 g/mol. The smallest absolute Gasteiger partial charge is 0.225 e. The lowest BCUT2D eigenvalue weighted by molar-refractivity contribution is 0.106. The SMILES string of the molecule is Fc1cc(F)c(COC[C@@H]2C[C@@H](SC(c3ccccc3)(c3ccccc3)c3ccccc3)CN2c2ncc(Br)cn2)cc1F. The Labute approximate surface area is 267 Å². The zero-order valence-corrected chi connectivity index (χ0v) is 26.0. The molecule has 1 aliphatic rings. The number of hydrogen-bond acceptors (Lipinski definition) is 5. The third-order valence-electron chi connectivity index (χ3n) is 7.78. The third kappa shape index (κ3) is 6.41. The predicted molar refractivity (Wildman–Crippen MR) is 172 cm³/mol. The van der Waals surface area contributed by atoms with Crippen molar-refractivity contribution in [2.24, 2.45) is 0 Å². The lowest BCUT2D eigenvalue weighted by Crippen LogP contribution is -2.34. The number of aromatic nitrogens is 2. The molecule has 4 aromatic carbocycles. The van der Waals surface area contributed by atoms with Crippen LogP contribution in [0.1, 0.15) is 28.7 Å². The van der Waals surface area contributed by atoms with E-state index >= 15 is 0 Å². The summed E-state index contributed by atoms with van der Waals surface area (Å²) >= 11 is 5.31. The lowest BCUT2D eigenvalue weighted by Gasteiger charge is -2.37. The maximum Gasteiger partial charge on any atom is 0.225 e. The number of thioether (sulfide) groups is 1. The van der Waals surface area contributed by atoms with Crippen LogP contribution >= 0.6 is 27.7 Å². The molecule has 1 aliphatic heterocycles. The Hall–Kier alpha value is -3.66. The first-order valence-corrected chi connectivity index (χ1v) is 15.9. The zero-order valence-electron chi connectivity index (χ0n) is 23.6. The fourth-order valence-electron chi connectivity index (χ4n) is 5.77. The van der Waals surface area contributed by atoms with Gasteiger partial charge in [0, 0.05) is 35.8 Å². The van der Waals surface area contributed by atoms with Crippen molar-refractivity contribution in [1.29, 1.82) is 0 Å². The molecular weight excluding hydrogens is 647 g/mol. The van der Waals surface area contributed by atoms with Gasteiger partial charge < -0.3 is 9.64 Å². The van der Waals surface area contributed by atoms with Crippen molar-refractivity contribution < 1.29 is 17.9 Å². The molecule has 2 heterocycles. The second kappa shape index (κ2) is 13.5. The third-order valence-corrected chi connectivity index (χ3v) is 9.93. The van der Waals surface area contributed by atoms with E-state index < -0.39 is 22.2 Å². The topological polar surface area (TPSA) is 38.2 Å². The molecule has 0 bridgehead atoms. The lowest BCUT2D eigenvalue weighted by atomic mass is 9.84. The van der Waals surface area contributed by atoms with Gasteiger partial charge in [0.2, 0.25) is 5.95 Å². The molecule has 0 amide bonds. The summed E-state index contributed by atoms with van der Waals surface area (Å²) in [6.07, 6.45) is 4.15. The Bertz CT molecular complexity index is 1580. The molecule has 0 aliphatic carbocycles. The van der Waals surface area contributed by atoms with E-state index in [1.807, 2.05) is 30.0 Å². The summed E-state index contributed by atoms with van der Waals surface area (Å²) in [5, 5.41) is 0.122. The van der Waals surface area contributed by atoms with Gasteiger partial charge in [-0.15, -0.1) is 11.8 Å². The molecule has 1 fully saturated rings. The molecule has 5 aromatic rings. The quantitative estimate of drug-likeness (QED) is 0.110. The predicted octanol–water partition coefficient (Wildman–Crippen LogP) is 8.55. The Balaban J connectivity index is 1.33. The summed E-state index contributed by atoms with van der Waals surface area (Å²) < 4.78 is 47.8. The van der Waals surface area contributed by atoms with Gasteiger partial charge in [0.15, 0.2) is 11.6 Å². The maximum atomic E-state index is 14.3. The number of halogens is 4. The minimum absolute atomic E-state index is 0.0319. The van der Waals surface area contributed by atoms with Crippen molar-refractivity contribution in [3.63, 3.8) is 0 Å². The number of ether oxygens (including phenoxy) is 1. The first-order chi connectivity index (χ1) is 21.4. The van der Waals surface area contributed by atoms with Crippen molar-refractivity contribution in [2.75, 3.05) is 18.1 Å². The number of hydrogen-bond donors (Lipinski definition) is 0. The van der Waals surface area contributed by atoms with Gasteiger partial charge in [-0.1, -0.05) is 91.0 Å². The van der Waals surface area contributed by atoms with Gasteiger partial charge in [0.1, 0.15) is 5.82 Å². The van der Waals surface area contributed by atoms with Crippen LogP contribution in [-0.2, 0) is 16.1 Å². The number of nitrogens with zero attached hydrogens (tertiary/aromatic N) is 3. The van der Waals surface area contributed by atoms with Crippen LogP contribution in [0.2, 0.25) is 0 Å². The average Bonchev–Trinajstić information content (AvgIpc) is 3.46. The largest absolute Gasteiger partial charge is 0.375 e. The molecule has 0 radical (unpaired) electrons. The number of rotatable bonds is 10. The van der Waals surface area contributed by atoms with E-state index in [2.05, 4.69) is 104 Å². The summed E-state index contributed by atoms with van der Waals surface area (Å²) in [7, 11) is 0. The molecule has 1 aromatic heterocycles. The molecule has 1 saturated heterocycles. The van der Waals surface area contributed by atoms with E-state index in [1.165, 1.54) is 16.7 Å². The summed E-state index contributed by atoms with van der Waals surface area (Å²) in [4.78, 5) is 11.3. The monoisotopic (exact) mass is 675 g/mol. The van der Waals surface area contributed by atoms with Crippen molar-refractivity contribution in [3.8, 4) is 0 Å². The van der Waals surface area contributed by atoms with Gasteiger partial charge in [0.05, 0.1) is 28.5 Å². The van der Waals surface area contributed by atoms with E-state index in [1.54, 1.807) is 12.4 Å². The second-order valence-electron chi connectivity index (χ2n) is 10.6. The highest BCUT2D eigenvalue weighted by Crippen LogP contribution is 2.52. The van der Waals surface area contributed by atoms with Crippen molar-refractivity contribution in [2.45, 2.75) is 29.1 Å². The van der Waals surface area contributed by atoms with Gasteiger partial charge in [-0.2, -0.15) is 0 Å². The van der Waals surface area contributed by atoms with Crippen LogP contribution in [0.15, 0.2) is 120 Å². The van der Waals surface area contributed by atoms with Crippen LogP contribution in [0.25, 0.3) is 0 Å². The summed E-state index contributed by atoms with van der Waals surface area (Å²) in [6, 6.07) is 32.8. The van der Waals surface area contributed by atoms with Crippen molar-refractivity contribution >= 4 is 33.6 Å². The molecule has 224 valence electrons. The molecule has 0 saturated carbocycles. The standard InChI is InChI=1S/C35H29BrF3N3OS/c36-28-19-40-34(41-20-28)42-21-30(17-29(42)23-43-22-24-16-32(38)33(39)18-31(24)37)44-35(25-10-4-1-5-11-25,26-12-6-2-7-13-26)27-14-8-3-9-15-27/h1-16,18-20,29-30H,17,21-23H2/t29-,30+/m0/s1. The molecule has 0 spiro atoms. The van der Waals surface area contributed by atoms with Gasteiger partial charge in [0.25, 0.3) is 0 Å². The van der Waals surface area contributed by atoms with Gasteiger partial charge >= 0.3 is 0 Å². The zero-order chi connectivity index (χ0) is 30.5. The van der Waals surface area contributed by atoms with Crippen LogP contribution in [0.5, 0.6) is 0 Å². The molecule has 9 heteroatoms. The van der Waals surface area contributed by atoms with E-state index in [0.717, 1.165) is 17.0 Å². The van der Waals surface area contributed by atoms with Gasteiger partial charge in [-0.3, -0.25) is 0 Å². The molecule has 2 atom stereocenters. The van der Waals surface area contributed by atoms with E-state index in [4.69, 9.17) is 4.74 Å². The normalized spacial score (nSPS) is 16.8. The second-order valence-corrected chi connectivity index (χ2v) is 13.1.